The molecular weight excluding hydrogens is 348 g/mol. The molecule has 3 unspecified atom stereocenters. The van der Waals surface area contributed by atoms with Gasteiger partial charge in [-0.15, -0.1) is 0 Å². The lowest BCUT2D eigenvalue weighted by Crippen LogP contribution is -2.41. The molecule has 0 heterocycles. The van der Waals surface area contributed by atoms with Crippen molar-refractivity contribution in [2.24, 2.45) is 46.8 Å². The lowest BCUT2D eigenvalue weighted by Gasteiger charge is -2.50. The first kappa shape index (κ1) is 22.0. The summed E-state index contributed by atoms with van der Waals surface area (Å²) in [6.07, 6.45) is 25.2. The Balaban J connectivity index is 1.45. The van der Waals surface area contributed by atoms with Gasteiger partial charge in [-0.25, -0.2) is 0 Å². The van der Waals surface area contributed by atoms with E-state index >= 15 is 0 Å². The molecule has 2 bridgehead atoms. The summed E-state index contributed by atoms with van der Waals surface area (Å²) in [5.41, 5.74) is 2.45. The van der Waals surface area contributed by atoms with Crippen molar-refractivity contribution in [2.45, 2.75) is 124 Å². The van der Waals surface area contributed by atoms with Gasteiger partial charge in [0.15, 0.2) is 0 Å². The summed E-state index contributed by atoms with van der Waals surface area (Å²) >= 11 is 0. The van der Waals surface area contributed by atoms with E-state index in [1.54, 1.807) is 32.1 Å². The van der Waals surface area contributed by atoms with Gasteiger partial charge < -0.3 is 0 Å². The van der Waals surface area contributed by atoms with Crippen LogP contribution in [0.4, 0.5) is 0 Å². The third kappa shape index (κ3) is 4.67. The number of hydrogen-bond acceptors (Lipinski definition) is 0. The average Bonchev–Trinajstić information content (AvgIpc) is 2.81. The first-order valence-electron chi connectivity index (χ1n) is 13.7. The summed E-state index contributed by atoms with van der Waals surface area (Å²) in [6.45, 7) is 10.1. The van der Waals surface area contributed by atoms with Crippen LogP contribution in [0.15, 0.2) is 11.6 Å². The Morgan fingerprint density at radius 2 is 1.72 bits per heavy atom. The first-order chi connectivity index (χ1) is 14.0. The van der Waals surface area contributed by atoms with E-state index in [1.807, 2.05) is 5.57 Å². The second kappa shape index (κ2) is 9.48. The molecule has 4 rings (SSSR count). The molecule has 0 aliphatic heterocycles. The fourth-order valence-corrected chi connectivity index (χ4v) is 8.58. The molecule has 3 saturated carbocycles. The molecular formula is C29H50. The third-order valence-corrected chi connectivity index (χ3v) is 10.3. The maximum atomic E-state index is 2.77. The Kier molecular flexibility index (Phi) is 7.18. The van der Waals surface area contributed by atoms with Crippen LogP contribution in [0.25, 0.3) is 0 Å². The normalized spacial score (nSPS) is 41.4. The number of hydrogen-bond donors (Lipinski definition) is 0. The molecule has 4 aliphatic rings. The molecule has 0 spiro atoms. The monoisotopic (exact) mass is 398 g/mol. The van der Waals surface area contributed by atoms with E-state index in [9.17, 15) is 0 Å². The highest BCUT2D eigenvalue weighted by molar-refractivity contribution is 5.21. The summed E-state index contributed by atoms with van der Waals surface area (Å²) in [5.74, 6) is 7.00. The third-order valence-electron chi connectivity index (χ3n) is 10.3. The van der Waals surface area contributed by atoms with Crippen LogP contribution in [0.1, 0.15) is 124 Å². The quantitative estimate of drug-likeness (QED) is 0.405. The van der Waals surface area contributed by atoms with E-state index in [0.29, 0.717) is 5.41 Å². The molecule has 0 nitrogen and oxygen atoms in total. The van der Waals surface area contributed by atoms with Crippen LogP contribution in [-0.2, 0) is 0 Å². The van der Waals surface area contributed by atoms with Crippen molar-refractivity contribution in [2.75, 3.05) is 0 Å². The van der Waals surface area contributed by atoms with Crippen molar-refractivity contribution in [3.63, 3.8) is 0 Å². The molecule has 0 aromatic heterocycles. The summed E-state index contributed by atoms with van der Waals surface area (Å²) in [4.78, 5) is 0. The Morgan fingerprint density at radius 3 is 2.55 bits per heavy atom. The predicted octanol–water partition coefficient (Wildman–Crippen LogP) is 9.20. The van der Waals surface area contributed by atoms with Crippen LogP contribution in [0.5, 0.6) is 0 Å². The molecule has 7 atom stereocenters. The van der Waals surface area contributed by atoms with Crippen LogP contribution < -0.4 is 0 Å². The molecule has 0 heteroatoms. The van der Waals surface area contributed by atoms with Gasteiger partial charge in [0, 0.05) is 0 Å². The minimum atomic E-state index is 0.555. The maximum absolute atomic E-state index is 2.77. The summed E-state index contributed by atoms with van der Waals surface area (Å²) in [7, 11) is 0. The fraction of sp³-hybridized carbons (Fsp3) is 0.931. The summed E-state index contributed by atoms with van der Waals surface area (Å²) in [5, 5.41) is 0. The second-order valence-corrected chi connectivity index (χ2v) is 12.4. The van der Waals surface area contributed by atoms with E-state index in [4.69, 9.17) is 0 Å². The van der Waals surface area contributed by atoms with Crippen molar-refractivity contribution in [3.05, 3.63) is 11.6 Å². The average molecular weight is 399 g/mol. The molecule has 0 amide bonds. The van der Waals surface area contributed by atoms with Crippen LogP contribution in [-0.4, -0.2) is 0 Å². The van der Waals surface area contributed by atoms with E-state index in [2.05, 4.69) is 33.8 Å². The Bertz CT molecular complexity index is 556. The van der Waals surface area contributed by atoms with Crippen molar-refractivity contribution >= 4 is 0 Å². The fourth-order valence-electron chi connectivity index (χ4n) is 8.58. The SMILES string of the molecule is CC(C)CCCC(C)[C@H]1CC[C@@H]2C[C@H]1CCC1C2CC=C2CCCCCC[C@@]21C. The Hall–Kier alpha value is -0.260. The second-order valence-electron chi connectivity index (χ2n) is 12.4. The zero-order valence-corrected chi connectivity index (χ0v) is 20.2. The van der Waals surface area contributed by atoms with Gasteiger partial charge in [-0.05, 0) is 105 Å². The largest absolute Gasteiger partial charge is 0.0845 e. The van der Waals surface area contributed by atoms with Crippen molar-refractivity contribution in [1.82, 2.24) is 0 Å². The van der Waals surface area contributed by atoms with Gasteiger partial charge in [0.1, 0.15) is 0 Å². The van der Waals surface area contributed by atoms with Gasteiger partial charge in [-0.1, -0.05) is 77.9 Å². The van der Waals surface area contributed by atoms with Gasteiger partial charge in [0.05, 0.1) is 0 Å². The highest BCUT2D eigenvalue weighted by Gasteiger charge is 2.49. The van der Waals surface area contributed by atoms with Gasteiger partial charge in [-0.2, -0.15) is 0 Å². The molecule has 166 valence electrons. The van der Waals surface area contributed by atoms with E-state index < -0.39 is 0 Å². The molecule has 0 aromatic rings. The first-order valence-corrected chi connectivity index (χ1v) is 13.7. The van der Waals surface area contributed by atoms with Crippen LogP contribution in [0.3, 0.4) is 0 Å². The minimum Gasteiger partial charge on any atom is -0.0845 e. The molecule has 29 heavy (non-hydrogen) atoms. The van der Waals surface area contributed by atoms with Gasteiger partial charge in [0.2, 0.25) is 0 Å². The summed E-state index contributed by atoms with van der Waals surface area (Å²) in [6, 6.07) is 0. The predicted molar refractivity (Wildman–Crippen MR) is 127 cm³/mol. The topological polar surface area (TPSA) is 0 Å². The zero-order valence-electron chi connectivity index (χ0n) is 20.2. The number of fused-ring (bicyclic) bond motifs is 6. The molecule has 0 aromatic carbocycles. The number of rotatable bonds is 5. The molecule has 4 aliphatic carbocycles. The highest BCUT2D eigenvalue weighted by Crippen LogP contribution is 2.59. The maximum Gasteiger partial charge on any atom is -0.00853 e. The van der Waals surface area contributed by atoms with Gasteiger partial charge >= 0.3 is 0 Å². The molecule has 0 radical (unpaired) electrons. The van der Waals surface area contributed by atoms with Gasteiger partial charge in [0.25, 0.3) is 0 Å². The highest BCUT2D eigenvalue weighted by atomic mass is 14.5. The molecule has 0 N–H and O–H groups in total. The lowest BCUT2D eigenvalue weighted by atomic mass is 9.55. The van der Waals surface area contributed by atoms with Crippen LogP contribution in [0.2, 0.25) is 0 Å². The van der Waals surface area contributed by atoms with E-state index in [1.165, 1.54) is 64.2 Å². The Morgan fingerprint density at radius 1 is 0.931 bits per heavy atom. The standard InChI is InChI=1S/C29H50/c1-21(2)10-9-11-22(3)26-16-13-24-20-23(26)14-18-28-27(24)17-15-25-12-7-5-6-8-19-29(25,28)4/h15,21-24,26-28H,5-14,16-20H2,1-4H3/t22?,23-,24-,26-,27?,28?,29+/m1/s1. The minimum absolute atomic E-state index is 0.555. The van der Waals surface area contributed by atoms with Crippen molar-refractivity contribution in [1.29, 1.82) is 0 Å². The van der Waals surface area contributed by atoms with E-state index in [-0.39, 0.29) is 0 Å². The smallest absolute Gasteiger partial charge is 0.00853 e. The molecule has 3 fully saturated rings. The lowest BCUT2D eigenvalue weighted by molar-refractivity contribution is 0.0599. The number of allylic oxidation sites excluding steroid dienone is 2. The van der Waals surface area contributed by atoms with Crippen molar-refractivity contribution in [3.8, 4) is 0 Å². The van der Waals surface area contributed by atoms with E-state index in [0.717, 1.165) is 41.4 Å². The van der Waals surface area contributed by atoms with Crippen molar-refractivity contribution < 1.29 is 0 Å². The Labute approximate surface area is 182 Å². The molecule has 0 saturated heterocycles. The van der Waals surface area contributed by atoms with Gasteiger partial charge in [-0.3, -0.25) is 0 Å². The zero-order chi connectivity index (χ0) is 20.4. The van der Waals surface area contributed by atoms with Crippen LogP contribution >= 0.6 is 0 Å². The van der Waals surface area contributed by atoms with Crippen LogP contribution in [0, 0.1) is 46.8 Å². The summed E-state index contributed by atoms with van der Waals surface area (Å²) < 4.78 is 0.